The minimum Gasteiger partial charge on any atom is -0.493 e. The number of nitrogens with zero attached hydrogens (tertiary/aromatic N) is 3. The van der Waals surface area contributed by atoms with Crippen LogP contribution in [0.1, 0.15) is 15.9 Å². The van der Waals surface area contributed by atoms with Gasteiger partial charge in [-0.3, -0.25) is 4.79 Å². The molecule has 0 atom stereocenters. The molecule has 6 heteroatoms. The minimum absolute atomic E-state index is 0.151. The number of ether oxygens (including phenoxy) is 2. The lowest BCUT2D eigenvalue weighted by Crippen LogP contribution is -1.94. The van der Waals surface area contributed by atoms with Crippen LogP contribution in [0, 0.1) is 0 Å². The molecule has 0 saturated heterocycles. The molecule has 27 heavy (non-hydrogen) atoms. The van der Waals surface area contributed by atoms with Crippen molar-refractivity contribution in [3.8, 4) is 11.5 Å². The van der Waals surface area contributed by atoms with Crippen LogP contribution in [0.25, 0.3) is 27.3 Å². The fourth-order valence-electron chi connectivity index (χ4n) is 2.76. The molecular weight excluding hydrogens is 342 g/mol. The summed E-state index contributed by atoms with van der Waals surface area (Å²) < 4.78 is 10.5. The van der Waals surface area contributed by atoms with Gasteiger partial charge in [0.15, 0.2) is 17.3 Å². The second-order valence-electron chi connectivity index (χ2n) is 5.71. The molecule has 0 aliphatic rings. The summed E-state index contributed by atoms with van der Waals surface area (Å²) in [7, 11) is 3.01. The first-order chi connectivity index (χ1) is 13.2. The molecule has 0 aliphatic heterocycles. The van der Waals surface area contributed by atoms with E-state index in [1.165, 1.54) is 20.3 Å². The van der Waals surface area contributed by atoms with Crippen LogP contribution in [0.15, 0.2) is 65.8 Å². The van der Waals surface area contributed by atoms with Crippen LogP contribution in [-0.2, 0) is 0 Å². The zero-order valence-corrected chi connectivity index (χ0v) is 14.9. The Morgan fingerprint density at radius 1 is 1.00 bits per heavy atom. The van der Waals surface area contributed by atoms with E-state index in [1.807, 2.05) is 36.4 Å². The zero-order chi connectivity index (χ0) is 19.2. The van der Waals surface area contributed by atoms with Crippen LogP contribution in [0.4, 0.5) is 5.69 Å². The highest BCUT2D eigenvalue weighted by Crippen LogP contribution is 2.35. The molecule has 0 N–H and O–H groups in total. The normalized spacial score (nSPS) is 10.6. The lowest BCUT2D eigenvalue weighted by atomic mass is 10.0. The molecule has 0 saturated carbocycles. The quantitative estimate of drug-likeness (QED) is 0.186. The number of methoxy groups -OCH3 is 2. The van der Waals surface area contributed by atoms with Gasteiger partial charge in [0.25, 0.3) is 0 Å². The first kappa shape index (κ1) is 18.0. The largest absolute Gasteiger partial charge is 0.493 e. The van der Waals surface area contributed by atoms with Gasteiger partial charge < -0.3 is 9.47 Å². The van der Waals surface area contributed by atoms with Gasteiger partial charge in [-0.15, -0.1) is 0 Å². The van der Waals surface area contributed by atoms with Gasteiger partial charge in [0.1, 0.15) is 0 Å². The third kappa shape index (κ3) is 3.92. The first-order valence-corrected chi connectivity index (χ1v) is 8.18. The molecule has 3 aromatic carbocycles. The number of rotatable bonds is 6. The maximum absolute atomic E-state index is 12.6. The van der Waals surface area contributed by atoms with Gasteiger partial charge in [0.05, 0.1) is 14.2 Å². The maximum Gasteiger partial charge on any atom is 0.185 e. The Morgan fingerprint density at radius 2 is 1.70 bits per heavy atom. The molecule has 0 aliphatic carbocycles. The summed E-state index contributed by atoms with van der Waals surface area (Å²) in [4.78, 5) is 15.4. The molecule has 0 bridgehead atoms. The molecule has 0 fully saturated rings. The highest BCUT2D eigenvalue weighted by Gasteiger charge is 2.09. The van der Waals surface area contributed by atoms with E-state index in [9.17, 15) is 4.79 Å². The Kier molecular flexibility index (Phi) is 5.40. The van der Waals surface area contributed by atoms with Crippen molar-refractivity contribution in [2.45, 2.75) is 0 Å². The predicted octanol–water partition coefficient (Wildman–Crippen LogP) is 5.69. The summed E-state index contributed by atoms with van der Waals surface area (Å²) in [5.41, 5.74) is 10.3. The number of fused-ring (bicyclic) bond motifs is 1. The predicted molar refractivity (Wildman–Crippen MR) is 106 cm³/mol. The van der Waals surface area contributed by atoms with Crippen LogP contribution in [-0.4, -0.2) is 20.0 Å². The Hall–Kier alpha value is -3.76. The number of carbonyl (C=O) groups excluding carboxylic acids is 1. The van der Waals surface area contributed by atoms with Crippen molar-refractivity contribution >= 4 is 28.3 Å². The molecule has 6 nitrogen and oxygen atoms in total. The van der Waals surface area contributed by atoms with Crippen LogP contribution >= 0.6 is 0 Å². The van der Waals surface area contributed by atoms with Gasteiger partial charge in [-0.1, -0.05) is 47.6 Å². The summed E-state index contributed by atoms with van der Waals surface area (Å²) in [6, 6.07) is 16.6. The molecule has 0 aromatic heterocycles. The van der Waals surface area contributed by atoms with Crippen LogP contribution in [0.5, 0.6) is 11.5 Å². The van der Waals surface area contributed by atoms with Crippen molar-refractivity contribution in [1.29, 1.82) is 0 Å². The van der Waals surface area contributed by atoms with Crippen LogP contribution < -0.4 is 9.47 Å². The molecule has 0 heterocycles. The second-order valence-corrected chi connectivity index (χ2v) is 5.71. The van der Waals surface area contributed by atoms with Gasteiger partial charge in [-0.2, -0.15) is 0 Å². The van der Waals surface area contributed by atoms with E-state index in [0.717, 1.165) is 10.8 Å². The van der Waals surface area contributed by atoms with E-state index < -0.39 is 0 Å². The topological polar surface area (TPSA) is 84.3 Å². The summed E-state index contributed by atoms with van der Waals surface area (Å²) in [6.07, 6.45) is 3.05. The van der Waals surface area contributed by atoms with E-state index in [0.29, 0.717) is 28.3 Å². The molecule has 3 aromatic rings. The maximum atomic E-state index is 12.6. The summed E-state index contributed by atoms with van der Waals surface area (Å²) in [6.45, 7) is 0. The second kappa shape index (κ2) is 8.08. The van der Waals surface area contributed by atoms with Gasteiger partial charge in [-0.05, 0) is 46.1 Å². The van der Waals surface area contributed by atoms with Gasteiger partial charge in [0, 0.05) is 16.2 Å². The summed E-state index contributed by atoms with van der Waals surface area (Å²) in [5.74, 6) is 0.771. The Bertz CT molecular complexity index is 1080. The monoisotopic (exact) mass is 359 g/mol. The third-order valence-corrected chi connectivity index (χ3v) is 4.13. The molecule has 3 rings (SSSR count). The van der Waals surface area contributed by atoms with Crippen molar-refractivity contribution < 1.29 is 14.3 Å². The summed E-state index contributed by atoms with van der Waals surface area (Å²) >= 11 is 0. The number of carbonyl (C=O) groups is 1. The lowest BCUT2D eigenvalue weighted by molar-refractivity contribution is 0.104. The van der Waals surface area contributed by atoms with Crippen molar-refractivity contribution in [1.82, 2.24) is 0 Å². The Labute approximate surface area is 156 Å². The fraction of sp³-hybridized carbons (Fsp3) is 0.0952. The molecule has 134 valence electrons. The number of hydrogen-bond acceptors (Lipinski definition) is 4. The lowest BCUT2D eigenvalue weighted by Gasteiger charge is -2.10. The highest BCUT2D eigenvalue weighted by atomic mass is 16.5. The fourth-order valence-corrected chi connectivity index (χ4v) is 2.76. The van der Waals surface area contributed by atoms with Gasteiger partial charge >= 0.3 is 0 Å². The number of benzene rings is 3. The van der Waals surface area contributed by atoms with E-state index in [-0.39, 0.29) is 5.78 Å². The van der Waals surface area contributed by atoms with Crippen molar-refractivity contribution in [3.63, 3.8) is 0 Å². The molecule has 0 spiro atoms. The number of azide groups is 1. The smallest absolute Gasteiger partial charge is 0.185 e. The third-order valence-electron chi connectivity index (χ3n) is 4.13. The zero-order valence-electron chi connectivity index (χ0n) is 14.9. The van der Waals surface area contributed by atoms with Crippen LogP contribution in [0.2, 0.25) is 0 Å². The average Bonchev–Trinajstić information content (AvgIpc) is 2.72. The van der Waals surface area contributed by atoms with E-state index >= 15 is 0 Å². The molecule has 0 amide bonds. The van der Waals surface area contributed by atoms with E-state index in [1.54, 1.807) is 24.3 Å². The molecular formula is C21H17N3O3. The number of hydrogen-bond donors (Lipinski definition) is 0. The molecule has 0 unspecified atom stereocenters. The van der Waals surface area contributed by atoms with Crippen molar-refractivity contribution in [2.75, 3.05) is 14.2 Å². The molecule has 0 radical (unpaired) electrons. The van der Waals surface area contributed by atoms with Gasteiger partial charge in [-0.25, -0.2) is 0 Å². The van der Waals surface area contributed by atoms with E-state index in [4.69, 9.17) is 15.0 Å². The standard InChI is InChI=1S/C21H17N3O3/c1-26-20-12-16(18(23-24-22)13-21(20)27-2)9-10-19(25)17-8-7-14-5-3-4-6-15(14)11-17/h3-13H,1-2H3/b10-9+. The van der Waals surface area contributed by atoms with Crippen molar-refractivity contribution in [2.24, 2.45) is 5.11 Å². The SMILES string of the molecule is COc1cc(/C=C/C(=O)c2ccc3ccccc3c2)c(N=[N+]=[N-])cc1OC. The number of ketones is 1. The number of allylic oxidation sites excluding steroid dienone is 1. The van der Waals surface area contributed by atoms with E-state index in [2.05, 4.69) is 10.0 Å². The average molecular weight is 359 g/mol. The van der Waals surface area contributed by atoms with Crippen molar-refractivity contribution in [3.05, 3.63) is 82.2 Å². The van der Waals surface area contributed by atoms with Crippen LogP contribution in [0.3, 0.4) is 0 Å². The Balaban J connectivity index is 1.95. The summed E-state index contributed by atoms with van der Waals surface area (Å²) in [5, 5.41) is 5.74. The first-order valence-electron chi connectivity index (χ1n) is 8.18. The highest BCUT2D eigenvalue weighted by molar-refractivity contribution is 6.09. The van der Waals surface area contributed by atoms with Gasteiger partial charge in [0.2, 0.25) is 0 Å². The minimum atomic E-state index is -0.151. The Morgan fingerprint density at radius 3 is 2.41 bits per heavy atom.